The highest BCUT2D eigenvalue weighted by molar-refractivity contribution is 7.99. The minimum Gasteiger partial charge on any atom is -0.431 e. The van der Waals surface area contributed by atoms with E-state index < -0.39 is 11.6 Å². The number of nitrogens with zero attached hydrogens (tertiary/aromatic N) is 1. The molecule has 19 heavy (non-hydrogen) atoms. The van der Waals surface area contributed by atoms with E-state index in [0.29, 0.717) is 26.9 Å². The number of oxazole rings is 1. The Balaban J connectivity index is 1.94. The van der Waals surface area contributed by atoms with Crippen LogP contribution in [-0.2, 0) is 0 Å². The summed E-state index contributed by atoms with van der Waals surface area (Å²) in [5, 5.41) is 0.353. The normalized spacial score (nSPS) is 11.1. The van der Waals surface area contributed by atoms with Gasteiger partial charge in [0.25, 0.3) is 5.22 Å². The van der Waals surface area contributed by atoms with E-state index in [1.165, 1.54) is 6.07 Å². The van der Waals surface area contributed by atoms with E-state index in [0.717, 1.165) is 23.9 Å². The van der Waals surface area contributed by atoms with Crippen LogP contribution in [0, 0.1) is 11.6 Å². The smallest absolute Gasteiger partial charge is 0.261 e. The Morgan fingerprint density at radius 2 is 1.89 bits per heavy atom. The predicted molar refractivity (Wildman–Crippen MR) is 68.9 cm³/mol. The first-order chi connectivity index (χ1) is 9.11. The quantitative estimate of drug-likeness (QED) is 0.724. The minimum absolute atomic E-state index is 0.353. The van der Waals surface area contributed by atoms with Crippen LogP contribution >= 0.6 is 11.8 Å². The summed E-state index contributed by atoms with van der Waals surface area (Å²) in [6, 6.07) is 8.76. The standard InChI is InChI=1S/C13H8F2N2OS/c14-9-3-2-8(6-10(9)15)19-13-17-11-4-1-7(16)5-12(11)18-13/h1-6H,16H2. The maximum atomic E-state index is 13.1. The summed E-state index contributed by atoms with van der Waals surface area (Å²) in [4.78, 5) is 4.74. The Morgan fingerprint density at radius 3 is 2.68 bits per heavy atom. The minimum atomic E-state index is -0.898. The zero-order valence-corrected chi connectivity index (χ0v) is 10.4. The van der Waals surface area contributed by atoms with E-state index in [9.17, 15) is 8.78 Å². The van der Waals surface area contributed by atoms with Gasteiger partial charge in [-0.3, -0.25) is 0 Å². The number of anilines is 1. The summed E-state index contributed by atoms with van der Waals surface area (Å²) >= 11 is 1.12. The van der Waals surface area contributed by atoms with Crippen LogP contribution in [0.2, 0.25) is 0 Å². The van der Waals surface area contributed by atoms with E-state index in [1.807, 2.05) is 0 Å². The van der Waals surface area contributed by atoms with E-state index in [1.54, 1.807) is 18.2 Å². The van der Waals surface area contributed by atoms with Crippen LogP contribution in [0.25, 0.3) is 11.1 Å². The Hall–Kier alpha value is -2.08. The van der Waals surface area contributed by atoms with Gasteiger partial charge in [0.05, 0.1) is 0 Å². The van der Waals surface area contributed by atoms with Gasteiger partial charge in [-0.1, -0.05) is 0 Å². The Kier molecular flexibility index (Phi) is 2.87. The molecule has 2 aromatic carbocycles. The topological polar surface area (TPSA) is 52.0 Å². The van der Waals surface area contributed by atoms with Crippen molar-refractivity contribution in [1.82, 2.24) is 4.98 Å². The largest absolute Gasteiger partial charge is 0.431 e. The van der Waals surface area contributed by atoms with E-state index >= 15 is 0 Å². The van der Waals surface area contributed by atoms with Crippen LogP contribution in [0.5, 0.6) is 0 Å². The summed E-state index contributed by atoms with van der Waals surface area (Å²) in [6.07, 6.45) is 0. The van der Waals surface area contributed by atoms with Crippen molar-refractivity contribution in [2.24, 2.45) is 0 Å². The van der Waals surface area contributed by atoms with Gasteiger partial charge in [0.2, 0.25) is 0 Å². The molecule has 0 spiro atoms. The predicted octanol–water partition coefficient (Wildman–Crippen LogP) is 3.84. The molecule has 0 aliphatic heterocycles. The third kappa shape index (κ3) is 2.39. The highest BCUT2D eigenvalue weighted by atomic mass is 32.2. The second kappa shape index (κ2) is 4.55. The first-order valence-electron chi connectivity index (χ1n) is 5.41. The number of benzene rings is 2. The molecule has 0 unspecified atom stereocenters. The van der Waals surface area contributed by atoms with Crippen LogP contribution in [-0.4, -0.2) is 4.98 Å². The molecule has 96 valence electrons. The molecule has 3 nitrogen and oxygen atoms in total. The number of aromatic nitrogens is 1. The second-order valence-corrected chi connectivity index (χ2v) is 4.91. The van der Waals surface area contributed by atoms with E-state index in [-0.39, 0.29) is 0 Å². The first kappa shape index (κ1) is 12.0. The number of nitrogen functional groups attached to an aromatic ring is 1. The highest BCUT2D eigenvalue weighted by Crippen LogP contribution is 2.31. The van der Waals surface area contributed by atoms with Crippen molar-refractivity contribution in [3.05, 3.63) is 48.0 Å². The van der Waals surface area contributed by atoms with Crippen molar-refractivity contribution in [2.75, 3.05) is 5.73 Å². The third-order valence-corrected chi connectivity index (χ3v) is 3.33. The molecule has 0 saturated carbocycles. The van der Waals surface area contributed by atoms with Gasteiger partial charge in [-0.05, 0) is 42.1 Å². The molecular formula is C13H8F2N2OS. The maximum Gasteiger partial charge on any atom is 0.261 e. The van der Waals surface area contributed by atoms with Crippen molar-refractivity contribution in [3.8, 4) is 0 Å². The molecule has 0 radical (unpaired) electrons. The van der Waals surface area contributed by atoms with Gasteiger partial charge < -0.3 is 10.2 Å². The maximum absolute atomic E-state index is 13.1. The Morgan fingerprint density at radius 1 is 1.05 bits per heavy atom. The van der Waals surface area contributed by atoms with Crippen molar-refractivity contribution in [1.29, 1.82) is 0 Å². The average Bonchev–Trinajstić information content (AvgIpc) is 2.75. The molecule has 1 heterocycles. The van der Waals surface area contributed by atoms with E-state index in [4.69, 9.17) is 10.2 Å². The molecule has 6 heteroatoms. The molecule has 0 bridgehead atoms. The summed E-state index contributed by atoms with van der Waals surface area (Å²) in [7, 11) is 0. The number of hydrogen-bond donors (Lipinski definition) is 1. The van der Waals surface area contributed by atoms with Gasteiger partial charge in [-0.2, -0.15) is 0 Å². The summed E-state index contributed by atoms with van der Waals surface area (Å²) < 4.78 is 31.4. The van der Waals surface area contributed by atoms with Crippen molar-refractivity contribution >= 4 is 28.5 Å². The van der Waals surface area contributed by atoms with Crippen LogP contribution in [0.15, 0.2) is 50.9 Å². The molecule has 1 aromatic heterocycles. The van der Waals surface area contributed by atoms with Gasteiger partial charge >= 0.3 is 0 Å². The molecule has 3 aromatic rings. The van der Waals surface area contributed by atoms with Gasteiger partial charge in [0.1, 0.15) is 5.52 Å². The number of halogens is 2. The SMILES string of the molecule is Nc1ccc2nc(Sc3ccc(F)c(F)c3)oc2c1. The van der Waals surface area contributed by atoms with Gasteiger partial charge in [-0.15, -0.1) is 0 Å². The van der Waals surface area contributed by atoms with Crippen LogP contribution in [0.3, 0.4) is 0 Å². The van der Waals surface area contributed by atoms with Crippen molar-refractivity contribution < 1.29 is 13.2 Å². The molecule has 0 aliphatic carbocycles. The number of nitrogens with two attached hydrogens (primary N) is 1. The Bertz CT molecular complexity index is 757. The average molecular weight is 278 g/mol. The summed E-state index contributed by atoms with van der Waals surface area (Å²) in [6.45, 7) is 0. The lowest BCUT2D eigenvalue weighted by molar-refractivity contribution is 0.488. The lowest BCUT2D eigenvalue weighted by atomic mass is 10.3. The molecule has 0 amide bonds. The molecule has 0 saturated heterocycles. The zero-order chi connectivity index (χ0) is 13.4. The number of rotatable bonds is 2. The molecule has 0 atom stereocenters. The first-order valence-corrected chi connectivity index (χ1v) is 6.22. The summed E-state index contributed by atoms with van der Waals surface area (Å²) in [5.74, 6) is -1.78. The fraction of sp³-hybridized carbons (Fsp3) is 0. The third-order valence-electron chi connectivity index (χ3n) is 2.49. The molecule has 0 aliphatic rings. The molecular weight excluding hydrogens is 270 g/mol. The Labute approximate surface area is 111 Å². The van der Waals surface area contributed by atoms with Gasteiger partial charge in [-0.25, -0.2) is 13.8 Å². The van der Waals surface area contributed by atoms with Crippen molar-refractivity contribution in [3.63, 3.8) is 0 Å². The summed E-state index contributed by atoms with van der Waals surface area (Å²) in [5.41, 5.74) is 7.44. The fourth-order valence-corrected chi connectivity index (χ4v) is 2.38. The van der Waals surface area contributed by atoms with Crippen molar-refractivity contribution in [2.45, 2.75) is 10.1 Å². The van der Waals surface area contributed by atoms with Crippen LogP contribution in [0.4, 0.5) is 14.5 Å². The van der Waals surface area contributed by atoms with Gasteiger partial charge in [0, 0.05) is 16.6 Å². The van der Waals surface area contributed by atoms with Gasteiger partial charge in [0.15, 0.2) is 17.2 Å². The zero-order valence-electron chi connectivity index (χ0n) is 9.56. The molecule has 0 fully saturated rings. The number of fused-ring (bicyclic) bond motifs is 1. The lowest BCUT2D eigenvalue weighted by Gasteiger charge is -1.97. The highest BCUT2D eigenvalue weighted by Gasteiger charge is 2.09. The fourth-order valence-electron chi connectivity index (χ4n) is 1.60. The monoisotopic (exact) mass is 278 g/mol. The van der Waals surface area contributed by atoms with E-state index in [2.05, 4.69) is 4.98 Å². The molecule has 3 rings (SSSR count). The van der Waals surface area contributed by atoms with Crippen LogP contribution in [0.1, 0.15) is 0 Å². The van der Waals surface area contributed by atoms with Crippen LogP contribution < -0.4 is 5.73 Å². The second-order valence-electron chi connectivity index (χ2n) is 3.88. The lowest BCUT2D eigenvalue weighted by Crippen LogP contribution is -1.83. The number of hydrogen-bond acceptors (Lipinski definition) is 4. The molecule has 2 N–H and O–H groups in total.